The van der Waals surface area contributed by atoms with Gasteiger partial charge in [0.05, 0.1) is 25.3 Å². The van der Waals surface area contributed by atoms with Crippen molar-refractivity contribution in [3.63, 3.8) is 0 Å². The monoisotopic (exact) mass is 430 g/mol. The lowest BCUT2D eigenvalue weighted by Crippen LogP contribution is -2.32. The molecule has 1 amide bonds. The molecule has 0 saturated heterocycles. The first-order valence-electron chi connectivity index (χ1n) is 10.0. The van der Waals surface area contributed by atoms with Gasteiger partial charge in [-0.05, 0) is 42.8 Å². The lowest BCUT2D eigenvalue weighted by molar-refractivity contribution is 0.0599. The van der Waals surface area contributed by atoms with Crippen molar-refractivity contribution in [3.8, 4) is 0 Å². The van der Waals surface area contributed by atoms with Crippen LogP contribution in [0.3, 0.4) is 0 Å². The van der Waals surface area contributed by atoms with Gasteiger partial charge in [0.15, 0.2) is 0 Å². The molecule has 7 nitrogen and oxygen atoms in total. The van der Waals surface area contributed by atoms with Gasteiger partial charge in [0.2, 0.25) is 0 Å². The molecule has 162 valence electrons. The first-order valence-corrected chi connectivity index (χ1v) is 10.0. The van der Waals surface area contributed by atoms with Crippen LogP contribution in [0.25, 0.3) is 0 Å². The van der Waals surface area contributed by atoms with Crippen LogP contribution in [-0.2, 0) is 9.47 Å². The molecule has 0 aromatic heterocycles. The lowest BCUT2D eigenvalue weighted by atomic mass is 10.1. The molecule has 7 heteroatoms. The third-order valence-electron chi connectivity index (χ3n) is 5.42. The van der Waals surface area contributed by atoms with Gasteiger partial charge in [0.25, 0.3) is 5.91 Å². The third-order valence-corrected chi connectivity index (χ3v) is 5.42. The second-order valence-corrected chi connectivity index (χ2v) is 7.38. The Morgan fingerprint density at radius 2 is 1.47 bits per heavy atom. The number of aryl methyl sites for hydroxylation is 1. The van der Waals surface area contributed by atoms with Crippen molar-refractivity contribution in [1.29, 1.82) is 0 Å². The number of methoxy groups -OCH3 is 2. The zero-order valence-electron chi connectivity index (χ0n) is 17.9. The number of amides is 1. The van der Waals surface area contributed by atoms with Crippen LogP contribution < -0.4 is 10.2 Å². The summed E-state index contributed by atoms with van der Waals surface area (Å²) in [6.45, 7) is 1.94. The van der Waals surface area contributed by atoms with Crippen molar-refractivity contribution in [2.45, 2.75) is 13.1 Å². The minimum Gasteiger partial charge on any atom is -0.465 e. The Hall–Kier alpha value is -4.13. The van der Waals surface area contributed by atoms with Crippen LogP contribution >= 0.6 is 0 Å². The van der Waals surface area contributed by atoms with Crippen LogP contribution in [0, 0.1) is 6.92 Å². The average molecular weight is 430 g/mol. The van der Waals surface area contributed by atoms with E-state index in [-0.39, 0.29) is 17.0 Å². The molecule has 1 atom stereocenters. The Morgan fingerprint density at radius 3 is 2.09 bits per heavy atom. The van der Waals surface area contributed by atoms with Gasteiger partial charge in [-0.3, -0.25) is 9.69 Å². The van der Waals surface area contributed by atoms with E-state index in [0.717, 1.165) is 16.8 Å². The topological polar surface area (TPSA) is 84.9 Å². The van der Waals surface area contributed by atoms with Gasteiger partial charge < -0.3 is 14.8 Å². The van der Waals surface area contributed by atoms with Crippen molar-refractivity contribution in [3.05, 3.63) is 94.5 Å². The zero-order valence-corrected chi connectivity index (χ0v) is 17.9. The highest BCUT2D eigenvalue weighted by molar-refractivity contribution is 6.11. The molecule has 1 heterocycles. The summed E-state index contributed by atoms with van der Waals surface area (Å²) in [4.78, 5) is 39.4. The van der Waals surface area contributed by atoms with E-state index in [1.54, 1.807) is 23.1 Å². The molecule has 3 aromatic rings. The number of esters is 2. The number of para-hydroxylation sites is 1. The van der Waals surface area contributed by atoms with Gasteiger partial charge in [-0.1, -0.05) is 36.4 Å². The maximum atomic E-state index is 13.3. The van der Waals surface area contributed by atoms with Gasteiger partial charge >= 0.3 is 11.9 Å². The summed E-state index contributed by atoms with van der Waals surface area (Å²) >= 11 is 0. The summed E-state index contributed by atoms with van der Waals surface area (Å²) in [6.07, 6.45) is -0.543. The van der Waals surface area contributed by atoms with Gasteiger partial charge in [-0.2, -0.15) is 0 Å². The normalized spacial score (nSPS) is 14.7. The Labute approximate surface area is 185 Å². The highest BCUT2D eigenvalue weighted by Crippen LogP contribution is 2.39. The fourth-order valence-corrected chi connectivity index (χ4v) is 3.88. The molecule has 0 saturated carbocycles. The molecule has 1 aliphatic heterocycles. The molecule has 1 aliphatic rings. The maximum Gasteiger partial charge on any atom is 0.337 e. The number of hydrogen-bond acceptors (Lipinski definition) is 6. The molecule has 0 unspecified atom stereocenters. The number of carbonyl (C=O) groups is 3. The van der Waals surface area contributed by atoms with E-state index in [4.69, 9.17) is 9.47 Å². The Bertz CT molecular complexity index is 1190. The number of ether oxygens (including phenoxy) is 2. The van der Waals surface area contributed by atoms with Crippen LogP contribution in [0.5, 0.6) is 0 Å². The summed E-state index contributed by atoms with van der Waals surface area (Å²) in [6, 6.07) is 19.6. The second kappa shape index (κ2) is 8.55. The quantitative estimate of drug-likeness (QED) is 0.606. The average Bonchev–Trinajstić information content (AvgIpc) is 3.09. The Balaban J connectivity index is 1.82. The van der Waals surface area contributed by atoms with E-state index in [2.05, 4.69) is 5.32 Å². The minimum absolute atomic E-state index is 0.135. The number of hydrogen-bond donors (Lipinski definition) is 1. The first-order chi connectivity index (χ1) is 15.4. The molecule has 0 aliphatic carbocycles. The number of rotatable bonds is 5. The molecular weight excluding hydrogens is 408 g/mol. The third kappa shape index (κ3) is 3.69. The van der Waals surface area contributed by atoms with Gasteiger partial charge in [-0.25, -0.2) is 9.59 Å². The smallest absolute Gasteiger partial charge is 0.337 e. The van der Waals surface area contributed by atoms with Crippen molar-refractivity contribution in [2.75, 3.05) is 24.4 Å². The Morgan fingerprint density at radius 1 is 0.875 bits per heavy atom. The summed E-state index contributed by atoms with van der Waals surface area (Å²) < 4.78 is 9.65. The summed E-state index contributed by atoms with van der Waals surface area (Å²) in [5.74, 6) is -1.31. The summed E-state index contributed by atoms with van der Waals surface area (Å²) in [5, 5.41) is 3.33. The van der Waals surface area contributed by atoms with Gasteiger partial charge in [-0.15, -0.1) is 0 Å². The SMILES string of the molecule is COC(=O)c1cc(N[C@@H]2c3ccccc3C(=O)N2c2ccccc2C)cc(C(=O)OC)c1. The number of carbonyl (C=O) groups excluding carboxylic acids is 3. The van der Waals surface area contributed by atoms with E-state index in [1.165, 1.54) is 20.3 Å². The number of nitrogens with zero attached hydrogens (tertiary/aromatic N) is 1. The van der Waals surface area contributed by atoms with E-state index in [0.29, 0.717) is 11.3 Å². The molecule has 32 heavy (non-hydrogen) atoms. The number of benzene rings is 3. The van der Waals surface area contributed by atoms with Crippen molar-refractivity contribution >= 4 is 29.2 Å². The van der Waals surface area contributed by atoms with Crippen molar-refractivity contribution < 1.29 is 23.9 Å². The highest BCUT2D eigenvalue weighted by Gasteiger charge is 2.38. The molecule has 0 fully saturated rings. The Kier molecular flexibility index (Phi) is 5.64. The number of anilines is 2. The number of nitrogens with one attached hydrogen (secondary N) is 1. The molecule has 0 bridgehead atoms. The molecule has 0 radical (unpaired) electrons. The standard InChI is InChI=1S/C25H22N2O5/c1-15-8-4-7-11-21(15)27-22(19-9-5-6-10-20(19)23(27)28)26-18-13-16(24(29)31-2)12-17(14-18)25(30)32-3/h4-14,22,26H,1-3H3/t22-/m0/s1. The fraction of sp³-hybridized carbons (Fsp3) is 0.160. The van der Waals surface area contributed by atoms with Crippen LogP contribution in [0.1, 0.15) is 48.4 Å². The maximum absolute atomic E-state index is 13.3. The molecule has 0 spiro atoms. The molecule has 3 aromatic carbocycles. The van der Waals surface area contributed by atoms with E-state index in [1.807, 2.05) is 49.4 Å². The second-order valence-electron chi connectivity index (χ2n) is 7.38. The number of fused-ring (bicyclic) bond motifs is 1. The zero-order chi connectivity index (χ0) is 22.8. The van der Waals surface area contributed by atoms with Gasteiger partial charge in [0.1, 0.15) is 6.17 Å². The molecule has 1 N–H and O–H groups in total. The molecular formula is C25H22N2O5. The predicted molar refractivity (Wildman–Crippen MR) is 120 cm³/mol. The first kappa shape index (κ1) is 21.1. The lowest BCUT2D eigenvalue weighted by Gasteiger charge is -2.28. The van der Waals surface area contributed by atoms with Crippen LogP contribution in [0.15, 0.2) is 66.7 Å². The highest BCUT2D eigenvalue weighted by atomic mass is 16.5. The predicted octanol–water partition coefficient (Wildman–Crippen LogP) is 4.34. The van der Waals surface area contributed by atoms with E-state index >= 15 is 0 Å². The minimum atomic E-state index is -0.586. The van der Waals surface area contributed by atoms with Gasteiger partial charge in [0, 0.05) is 22.5 Å². The molecule has 4 rings (SSSR count). The van der Waals surface area contributed by atoms with Crippen LogP contribution in [-0.4, -0.2) is 32.1 Å². The summed E-state index contributed by atoms with van der Waals surface area (Å²) in [5.41, 5.74) is 3.95. The van der Waals surface area contributed by atoms with E-state index in [9.17, 15) is 14.4 Å². The van der Waals surface area contributed by atoms with Crippen LogP contribution in [0.4, 0.5) is 11.4 Å². The summed E-state index contributed by atoms with van der Waals surface area (Å²) in [7, 11) is 2.54. The van der Waals surface area contributed by atoms with Crippen molar-refractivity contribution in [1.82, 2.24) is 0 Å². The van der Waals surface area contributed by atoms with Crippen LogP contribution in [0.2, 0.25) is 0 Å². The van der Waals surface area contributed by atoms with E-state index < -0.39 is 18.1 Å². The van der Waals surface area contributed by atoms with Crippen molar-refractivity contribution in [2.24, 2.45) is 0 Å². The largest absolute Gasteiger partial charge is 0.465 e. The fourth-order valence-electron chi connectivity index (χ4n) is 3.88.